The first-order chi connectivity index (χ1) is 14.6. The van der Waals surface area contributed by atoms with E-state index in [1.165, 1.54) is 0 Å². The van der Waals surface area contributed by atoms with Crippen LogP contribution in [0.25, 0.3) is 11.3 Å². The van der Waals surface area contributed by atoms with Gasteiger partial charge in [0.05, 0.1) is 29.5 Å². The van der Waals surface area contributed by atoms with Crippen LogP contribution in [-0.4, -0.2) is 39.4 Å². The van der Waals surface area contributed by atoms with Crippen molar-refractivity contribution >= 4 is 23.1 Å². The number of aromatic nitrogens is 2. The van der Waals surface area contributed by atoms with Crippen LogP contribution in [0.2, 0.25) is 0 Å². The topological polar surface area (TPSA) is 107 Å². The Labute approximate surface area is 174 Å². The second-order valence-electron chi connectivity index (χ2n) is 7.58. The second kappa shape index (κ2) is 8.51. The van der Waals surface area contributed by atoms with E-state index in [9.17, 15) is 14.7 Å². The lowest BCUT2D eigenvalue weighted by molar-refractivity contribution is -0.126. The number of pyridine rings is 1. The predicted molar refractivity (Wildman–Crippen MR) is 115 cm³/mol. The van der Waals surface area contributed by atoms with E-state index in [0.29, 0.717) is 12.0 Å². The summed E-state index contributed by atoms with van der Waals surface area (Å²) in [6.45, 7) is 1.59. The van der Waals surface area contributed by atoms with E-state index in [1.54, 1.807) is 19.3 Å². The first-order valence-electron chi connectivity index (χ1n) is 9.98. The molecule has 3 aromatic rings. The molecule has 1 aromatic carbocycles. The number of nitrogens with zero attached hydrogens (tertiary/aromatic N) is 1. The number of fused-ring (bicyclic) bond motifs is 1. The quantitative estimate of drug-likeness (QED) is 0.505. The third kappa shape index (κ3) is 3.97. The summed E-state index contributed by atoms with van der Waals surface area (Å²) in [6.07, 6.45) is 3.97. The maximum absolute atomic E-state index is 13.1. The smallest absolute Gasteiger partial charge is 0.224 e. The number of hydrogen-bond acceptors (Lipinski definition) is 5. The zero-order valence-electron chi connectivity index (χ0n) is 16.7. The van der Waals surface area contributed by atoms with E-state index in [4.69, 9.17) is 0 Å². The van der Waals surface area contributed by atoms with Crippen molar-refractivity contribution in [2.45, 2.75) is 25.8 Å². The summed E-state index contributed by atoms with van der Waals surface area (Å²) in [6, 6.07) is 13.1. The molecule has 7 heteroatoms. The summed E-state index contributed by atoms with van der Waals surface area (Å²) < 4.78 is 0. The first-order valence-corrected chi connectivity index (χ1v) is 9.98. The zero-order chi connectivity index (χ0) is 21.1. The fourth-order valence-corrected chi connectivity index (χ4v) is 3.77. The summed E-state index contributed by atoms with van der Waals surface area (Å²) in [7, 11) is 0. The number of ketones is 1. The van der Waals surface area contributed by atoms with Gasteiger partial charge in [-0.1, -0.05) is 18.2 Å². The Balaban J connectivity index is 1.72. The molecule has 2 aromatic heterocycles. The molecule has 154 valence electrons. The second-order valence-corrected chi connectivity index (χ2v) is 7.58. The summed E-state index contributed by atoms with van der Waals surface area (Å²) in [5.41, 5.74) is 4.64. The molecule has 2 heterocycles. The molecule has 0 spiro atoms. The van der Waals surface area contributed by atoms with E-state index in [-0.39, 0.29) is 30.8 Å². The molecule has 0 fully saturated rings. The molecule has 2 atom stereocenters. The third-order valence-corrected chi connectivity index (χ3v) is 5.28. The first kappa shape index (κ1) is 19.8. The number of aromatic amines is 1. The number of H-pyrrole nitrogens is 1. The SMILES string of the molecule is C[C@H](CO)NC(=O)[C@H]1CC(=O)c2c([nH]c(-c3ccncc3)c2Nc2ccccc2)C1. The minimum absolute atomic E-state index is 0.0805. The van der Waals surface area contributed by atoms with Crippen LogP contribution in [0.15, 0.2) is 54.9 Å². The van der Waals surface area contributed by atoms with Crippen molar-refractivity contribution in [2.24, 2.45) is 5.92 Å². The molecule has 0 saturated carbocycles. The molecule has 0 saturated heterocycles. The van der Waals surface area contributed by atoms with Crippen LogP contribution in [0, 0.1) is 5.92 Å². The Hall–Kier alpha value is -3.45. The number of aliphatic hydroxyl groups excluding tert-OH is 1. The summed E-state index contributed by atoms with van der Waals surface area (Å²) >= 11 is 0. The van der Waals surface area contributed by atoms with E-state index in [1.807, 2.05) is 42.5 Å². The number of anilines is 2. The zero-order valence-corrected chi connectivity index (χ0v) is 16.7. The number of benzene rings is 1. The van der Waals surface area contributed by atoms with Gasteiger partial charge in [-0.15, -0.1) is 0 Å². The van der Waals surface area contributed by atoms with Gasteiger partial charge in [0.2, 0.25) is 5.91 Å². The van der Waals surface area contributed by atoms with Crippen molar-refractivity contribution in [3.8, 4) is 11.3 Å². The molecule has 0 unspecified atom stereocenters. The van der Waals surface area contributed by atoms with Crippen LogP contribution in [0.3, 0.4) is 0 Å². The normalized spacial score (nSPS) is 16.6. The number of nitrogens with one attached hydrogen (secondary N) is 3. The summed E-state index contributed by atoms with van der Waals surface area (Å²) in [4.78, 5) is 33.1. The van der Waals surface area contributed by atoms with E-state index < -0.39 is 5.92 Å². The Bertz CT molecular complexity index is 1050. The molecule has 7 nitrogen and oxygen atoms in total. The van der Waals surface area contributed by atoms with Gasteiger partial charge in [0.25, 0.3) is 0 Å². The van der Waals surface area contributed by atoms with Crippen LogP contribution in [-0.2, 0) is 11.2 Å². The molecular weight excluding hydrogens is 380 g/mol. The molecule has 4 rings (SSSR count). The van der Waals surface area contributed by atoms with Crippen LogP contribution < -0.4 is 10.6 Å². The van der Waals surface area contributed by atoms with Crippen molar-refractivity contribution in [3.63, 3.8) is 0 Å². The third-order valence-electron chi connectivity index (χ3n) is 5.28. The van der Waals surface area contributed by atoms with Crippen molar-refractivity contribution in [1.82, 2.24) is 15.3 Å². The molecule has 0 radical (unpaired) electrons. The highest BCUT2D eigenvalue weighted by atomic mass is 16.3. The molecule has 4 N–H and O–H groups in total. The number of Topliss-reactive ketones (excluding diaryl/α,β-unsaturated/α-hetero) is 1. The van der Waals surface area contributed by atoms with Gasteiger partial charge in [-0.2, -0.15) is 0 Å². The molecule has 0 bridgehead atoms. The summed E-state index contributed by atoms with van der Waals surface area (Å²) in [5, 5.41) is 15.4. The van der Waals surface area contributed by atoms with Crippen LogP contribution in [0.5, 0.6) is 0 Å². The van der Waals surface area contributed by atoms with E-state index >= 15 is 0 Å². The lowest BCUT2D eigenvalue weighted by atomic mass is 9.85. The number of para-hydroxylation sites is 1. The molecule has 1 aliphatic carbocycles. The number of carbonyl (C=O) groups excluding carboxylic acids is 2. The molecular formula is C23H24N4O3. The number of aliphatic hydroxyl groups is 1. The fourth-order valence-electron chi connectivity index (χ4n) is 3.77. The molecule has 1 aliphatic rings. The van der Waals surface area contributed by atoms with Crippen molar-refractivity contribution in [1.29, 1.82) is 0 Å². The highest BCUT2D eigenvalue weighted by Gasteiger charge is 2.35. The Kier molecular flexibility index (Phi) is 5.63. The molecule has 30 heavy (non-hydrogen) atoms. The Morgan fingerprint density at radius 3 is 2.63 bits per heavy atom. The molecule has 1 amide bonds. The lowest BCUT2D eigenvalue weighted by Crippen LogP contribution is -2.41. The fraction of sp³-hybridized carbons (Fsp3) is 0.261. The van der Waals surface area contributed by atoms with Gasteiger partial charge in [-0.25, -0.2) is 0 Å². The van der Waals surface area contributed by atoms with E-state index in [0.717, 1.165) is 28.3 Å². The van der Waals surface area contributed by atoms with Crippen molar-refractivity contribution < 1.29 is 14.7 Å². The van der Waals surface area contributed by atoms with Gasteiger partial charge in [-0.3, -0.25) is 14.6 Å². The maximum atomic E-state index is 13.1. The predicted octanol–water partition coefficient (Wildman–Crippen LogP) is 3.06. The van der Waals surface area contributed by atoms with Gasteiger partial charge in [0.1, 0.15) is 0 Å². The van der Waals surface area contributed by atoms with Crippen LogP contribution >= 0.6 is 0 Å². The van der Waals surface area contributed by atoms with Crippen LogP contribution in [0.1, 0.15) is 29.4 Å². The number of amides is 1. The number of carbonyl (C=O) groups is 2. The largest absolute Gasteiger partial charge is 0.394 e. The number of hydrogen-bond donors (Lipinski definition) is 4. The van der Waals surface area contributed by atoms with E-state index in [2.05, 4.69) is 20.6 Å². The maximum Gasteiger partial charge on any atom is 0.224 e. The highest BCUT2D eigenvalue weighted by molar-refractivity contribution is 6.09. The molecule has 0 aliphatic heterocycles. The minimum atomic E-state index is -0.465. The number of rotatable bonds is 6. The Morgan fingerprint density at radius 1 is 1.20 bits per heavy atom. The Morgan fingerprint density at radius 2 is 1.93 bits per heavy atom. The van der Waals surface area contributed by atoms with Gasteiger partial charge >= 0.3 is 0 Å². The monoisotopic (exact) mass is 404 g/mol. The van der Waals surface area contributed by atoms with Crippen LogP contribution in [0.4, 0.5) is 11.4 Å². The average molecular weight is 404 g/mol. The minimum Gasteiger partial charge on any atom is -0.394 e. The van der Waals surface area contributed by atoms with Crippen molar-refractivity contribution in [3.05, 3.63) is 66.1 Å². The lowest BCUT2D eigenvalue weighted by Gasteiger charge is -2.23. The summed E-state index contributed by atoms with van der Waals surface area (Å²) in [5.74, 6) is -0.760. The van der Waals surface area contributed by atoms with Crippen molar-refractivity contribution in [2.75, 3.05) is 11.9 Å². The standard InChI is InChI=1S/C23H24N4O3/c1-14(13-28)25-23(30)16-11-18-20(19(29)12-16)22(26-17-5-3-2-4-6-17)21(27-18)15-7-9-24-10-8-15/h2-10,14,16,26-28H,11-13H2,1H3,(H,25,30)/t14-,16-/m1/s1. The highest BCUT2D eigenvalue weighted by Crippen LogP contribution is 2.39. The van der Waals surface area contributed by atoms with Gasteiger partial charge in [0, 0.05) is 48.2 Å². The van der Waals surface area contributed by atoms with Gasteiger partial charge in [-0.05, 0) is 31.2 Å². The average Bonchev–Trinajstić information content (AvgIpc) is 3.13. The van der Waals surface area contributed by atoms with Gasteiger partial charge < -0.3 is 20.7 Å². The van der Waals surface area contributed by atoms with Gasteiger partial charge in [0.15, 0.2) is 5.78 Å².